The van der Waals surface area contributed by atoms with Crippen LogP contribution in [0.5, 0.6) is 0 Å². The monoisotopic (exact) mass is 285 g/mol. The molecule has 0 saturated heterocycles. The molecule has 0 aliphatic heterocycles. The summed E-state index contributed by atoms with van der Waals surface area (Å²) in [5, 5.41) is 8.89. The molecule has 0 bridgehead atoms. The first-order valence-corrected chi connectivity index (χ1v) is 7.87. The average Bonchev–Trinajstić information content (AvgIpc) is 2.50. The molecule has 0 unspecified atom stereocenters. The highest BCUT2D eigenvalue weighted by molar-refractivity contribution is 5.84. The zero-order chi connectivity index (χ0) is 14.7. The summed E-state index contributed by atoms with van der Waals surface area (Å²) in [5.41, 5.74) is 1.09. The Morgan fingerprint density at radius 2 is 1.90 bits per heavy atom. The van der Waals surface area contributed by atoms with E-state index in [1.54, 1.807) is 6.20 Å². The van der Waals surface area contributed by atoms with E-state index < -0.39 is 0 Å². The average molecular weight is 285 g/mol. The van der Waals surface area contributed by atoms with Gasteiger partial charge in [-0.05, 0) is 61.9 Å². The summed E-state index contributed by atoms with van der Waals surface area (Å²) in [6, 6.07) is 9.15. The van der Waals surface area contributed by atoms with Gasteiger partial charge in [0.2, 0.25) is 0 Å². The molecule has 1 aromatic heterocycles. The van der Waals surface area contributed by atoms with Crippen molar-refractivity contribution in [2.75, 3.05) is 11.9 Å². The number of hydrogen-bond donors (Lipinski definition) is 3. The third-order valence-electron chi connectivity index (χ3n) is 4.36. The van der Waals surface area contributed by atoms with Crippen LogP contribution >= 0.6 is 0 Å². The molecule has 1 fully saturated rings. The van der Waals surface area contributed by atoms with E-state index in [9.17, 15) is 4.79 Å². The third-order valence-corrected chi connectivity index (χ3v) is 4.36. The van der Waals surface area contributed by atoms with Gasteiger partial charge in [-0.1, -0.05) is 6.92 Å². The normalized spacial score (nSPS) is 22.3. The van der Waals surface area contributed by atoms with Gasteiger partial charge in [-0.2, -0.15) is 0 Å². The van der Waals surface area contributed by atoms with Crippen LogP contribution in [0.2, 0.25) is 0 Å². The van der Waals surface area contributed by atoms with Gasteiger partial charge in [0.15, 0.2) is 0 Å². The van der Waals surface area contributed by atoms with Crippen molar-refractivity contribution in [3.05, 3.63) is 40.8 Å². The molecule has 1 aliphatic rings. The van der Waals surface area contributed by atoms with Crippen molar-refractivity contribution in [2.45, 2.75) is 44.7 Å². The van der Waals surface area contributed by atoms with Gasteiger partial charge in [-0.3, -0.25) is 4.79 Å². The summed E-state index contributed by atoms with van der Waals surface area (Å²) in [6.45, 7) is 3.23. The highest BCUT2D eigenvalue weighted by atomic mass is 16.1. The zero-order valence-corrected chi connectivity index (χ0v) is 12.5. The van der Waals surface area contributed by atoms with Crippen molar-refractivity contribution in [1.82, 2.24) is 10.3 Å². The van der Waals surface area contributed by atoms with Gasteiger partial charge in [0.25, 0.3) is 5.56 Å². The van der Waals surface area contributed by atoms with Crippen LogP contribution < -0.4 is 16.2 Å². The Hall–Kier alpha value is -1.81. The molecule has 1 saturated carbocycles. The first kappa shape index (κ1) is 14.1. The fourth-order valence-electron chi connectivity index (χ4n) is 3.25. The minimum Gasteiger partial charge on any atom is -0.382 e. The molecule has 112 valence electrons. The van der Waals surface area contributed by atoms with E-state index in [4.69, 9.17) is 0 Å². The molecular weight excluding hydrogens is 262 g/mol. The lowest BCUT2D eigenvalue weighted by Crippen LogP contribution is -2.36. The van der Waals surface area contributed by atoms with Crippen molar-refractivity contribution in [3.8, 4) is 0 Å². The fraction of sp³-hybridized carbons (Fsp3) is 0.471. The second-order valence-corrected chi connectivity index (χ2v) is 5.86. The Bertz CT molecular complexity index is 656. The Kier molecular flexibility index (Phi) is 4.25. The molecule has 0 radical (unpaired) electrons. The van der Waals surface area contributed by atoms with E-state index in [-0.39, 0.29) is 5.56 Å². The maximum atomic E-state index is 11.7. The summed E-state index contributed by atoms with van der Waals surface area (Å²) in [7, 11) is 0. The summed E-state index contributed by atoms with van der Waals surface area (Å²) >= 11 is 0. The number of aromatic amines is 1. The number of aromatic nitrogens is 1. The van der Waals surface area contributed by atoms with Crippen LogP contribution in [0.15, 0.2) is 35.3 Å². The molecule has 0 amide bonds. The lowest BCUT2D eigenvalue weighted by molar-refractivity contribution is 0.359. The second-order valence-electron chi connectivity index (χ2n) is 5.86. The number of H-pyrrole nitrogens is 1. The Morgan fingerprint density at radius 1 is 1.14 bits per heavy atom. The number of anilines is 1. The van der Waals surface area contributed by atoms with Crippen molar-refractivity contribution < 1.29 is 0 Å². The van der Waals surface area contributed by atoms with E-state index in [2.05, 4.69) is 28.6 Å². The zero-order valence-electron chi connectivity index (χ0n) is 12.5. The van der Waals surface area contributed by atoms with Crippen LogP contribution in [0, 0.1) is 0 Å². The minimum absolute atomic E-state index is 0.0230. The molecule has 0 atom stereocenters. The van der Waals surface area contributed by atoms with Crippen molar-refractivity contribution in [1.29, 1.82) is 0 Å². The maximum absolute atomic E-state index is 11.7. The van der Waals surface area contributed by atoms with E-state index in [1.807, 2.05) is 18.2 Å². The predicted octanol–water partition coefficient (Wildman–Crippen LogP) is 2.86. The topological polar surface area (TPSA) is 56.9 Å². The SMILES string of the molecule is CCN[C@H]1CC[C@@H](Nc2ccc3c(=O)[nH]ccc3c2)CC1. The van der Waals surface area contributed by atoms with Crippen molar-refractivity contribution in [2.24, 2.45) is 0 Å². The Morgan fingerprint density at radius 3 is 2.67 bits per heavy atom. The molecule has 3 rings (SSSR count). The first-order valence-electron chi connectivity index (χ1n) is 7.87. The van der Waals surface area contributed by atoms with Gasteiger partial charge in [0, 0.05) is 29.4 Å². The molecule has 4 heteroatoms. The van der Waals surface area contributed by atoms with E-state index in [0.29, 0.717) is 12.1 Å². The van der Waals surface area contributed by atoms with Gasteiger partial charge < -0.3 is 15.6 Å². The smallest absolute Gasteiger partial charge is 0.255 e. The molecule has 4 nitrogen and oxygen atoms in total. The van der Waals surface area contributed by atoms with Crippen molar-refractivity contribution >= 4 is 16.5 Å². The summed E-state index contributed by atoms with van der Waals surface area (Å²) in [4.78, 5) is 14.4. The van der Waals surface area contributed by atoms with Crippen LogP contribution in [0.25, 0.3) is 10.8 Å². The molecule has 1 aliphatic carbocycles. The standard InChI is InChI=1S/C17H23N3O/c1-2-18-13-3-5-14(6-4-13)20-15-7-8-16-12(11-15)9-10-19-17(16)21/h7-11,13-14,18,20H,2-6H2,1H3,(H,19,21)/t13-,14+. The molecule has 0 spiro atoms. The first-order chi connectivity index (χ1) is 10.3. The molecule has 3 N–H and O–H groups in total. The van der Waals surface area contributed by atoms with E-state index in [1.165, 1.54) is 25.7 Å². The Balaban J connectivity index is 1.67. The largest absolute Gasteiger partial charge is 0.382 e. The lowest BCUT2D eigenvalue weighted by Gasteiger charge is -2.30. The van der Waals surface area contributed by atoms with Gasteiger partial charge in [-0.25, -0.2) is 0 Å². The third kappa shape index (κ3) is 3.27. The molecule has 1 aromatic carbocycles. The fourth-order valence-corrected chi connectivity index (χ4v) is 3.25. The van der Waals surface area contributed by atoms with Crippen LogP contribution in [-0.2, 0) is 0 Å². The highest BCUT2D eigenvalue weighted by Gasteiger charge is 2.20. The summed E-state index contributed by atoms with van der Waals surface area (Å²) < 4.78 is 0. The number of pyridine rings is 1. The maximum Gasteiger partial charge on any atom is 0.255 e. The predicted molar refractivity (Wildman–Crippen MR) is 87.9 cm³/mol. The van der Waals surface area contributed by atoms with Crippen LogP contribution in [0.4, 0.5) is 5.69 Å². The van der Waals surface area contributed by atoms with Crippen molar-refractivity contribution in [3.63, 3.8) is 0 Å². The van der Waals surface area contributed by atoms with Gasteiger partial charge in [0.05, 0.1) is 0 Å². The van der Waals surface area contributed by atoms with Gasteiger partial charge in [-0.15, -0.1) is 0 Å². The number of fused-ring (bicyclic) bond motifs is 1. The second kappa shape index (κ2) is 6.31. The quantitative estimate of drug-likeness (QED) is 0.809. The highest BCUT2D eigenvalue weighted by Crippen LogP contribution is 2.23. The molecule has 21 heavy (non-hydrogen) atoms. The van der Waals surface area contributed by atoms with Gasteiger partial charge in [0.1, 0.15) is 0 Å². The molecular formula is C17H23N3O. The molecule has 2 aromatic rings. The summed E-state index contributed by atoms with van der Waals surface area (Å²) in [5.74, 6) is 0. The van der Waals surface area contributed by atoms with Crippen LogP contribution in [0.3, 0.4) is 0 Å². The van der Waals surface area contributed by atoms with E-state index >= 15 is 0 Å². The number of hydrogen-bond acceptors (Lipinski definition) is 3. The Labute approximate surface area is 125 Å². The number of nitrogens with one attached hydrogen (secondary N) is 3. The lowest BCUT2D eigenvalue weighted by atomic mass is 9.91. The molecule has 1 heterocycles. The number of benzene rings is 1. The number of rotatable bonds is 4. The van der Waals surface area contributed by atoms with Crippen LogP contribution in [0.1, 0.15) is 32.6 Å². The van der Waals surface area contributed by atoms with E-state index in [0.717, 1.165) is 23.0 Å². The van der Waals surface area contributed by atoms with Gasteiger partial charge >= 0.3 is 0 Å². The minimum atomic E-state index is -0.0230. The summed E-state index contributed by atoms with van der Waals surface area (Å²) in [6.07, 6.45) is 6.57. The van der Waals surface area contributed by atoms with Crippen LogP contribution in [-0.4, -0.2) is 23.6 Å².